The fourth-order valence-electron chi connectivity index (χ4n) is 2.98. The van der Waals surface area contributed by atoms with Crippen molar-refractivity contribution in [2.75, 3.05) is 26.2 Å². The number of hydrogen-bond acceptors (Lipinski definition) is 5. The molecule has 0 bridgehead atoms. The van der Waals surface area contributed by atoms with Gasteiger partial charge in [-0.25, -0.2) is 4.98 Å². The zero-order valence-electron chi connectivity index (χ0n) is 12.0. The molecule has 3 rings (SSSR count). The number of nitrogens with one attached hydrogen (secondary N) is 1. The standard InChI is InChI=1S/C14H23N3OS/c1-9-8-12-13(11(3)18-9)19-14(16-12)10(2)17-6-4-15-5-7-17/h9-11,15H,4-8H2,1-3H3. The molecule has 0 radical (unpaired) electrons. The monoisotopic (exact) mass is 281 g/mol. The second kappa shape index (κ2) is 5.48. The van der Waals surface area contributed by atoms with E-state index in [2.05, 4.69) is 31.0 Å². The third-order valence-corrected chi connectivity index (χ3v) is 5.52. The Morgan fingerprint density at radius 1 is 1.37 bits per heavy atom. The van der Waals surface area contributed by atoms with Crippen LogP contribution < -0.4 is 5.32 Å². The Kier molecular flexibility index (Phi) is 3.89. The van der Waals surface area contributed by atoms with Gasteiger partial charge in [-0.3, -0.25) is 4.90 Å². The molecule has 0 aromatic carbocycles. The number of aromatic nitrogens is 1. The second-order valence-electron chi connectivity index (χ2n) is 5.62. The Hall–Kier alpha value is -0.490. The van der Waals surface area contributed by atoms with E-state index in [1.54, 1.807) is 0 Å². The molecular weight excluding hydrogens is 258 g/mol. The van der Waals surface area contributed by atoms with E-state index in [4.69, 9.17) is 9.72 Å². The molecule has 0 aliphatic carbocycles. The third-order valence-electron chi connectivity index (χ3n) is 4.09. The van der Waals surface area contributed by atoms with Crippen LogP contribution in [0.3, 0.4) is 0 Å². The number of nitrogens with zero attached hydrogens (tertiary/aromatic N) is 2. The first-order valence-corrected chi connectivity index (χ1v) is 8.06. The Bertz CT molecular complexity index is 442. The van der Waals surface area contributed by atoms with Gasteiger partial charge in [0.05, 0.1) is 28.8 Å². The van der Waals surface area contributed by atoms with Crippen LogP contribution in [-0.4, -0.2) is 42.2 Å². The molecule has 0 spiro atoms. The minimum atomic E-state index is 0.209. The number of hydrogen-bond donors (Lipinski definition) is 1. The van der Waals surface area contributed by atoms with Gasteiger partial charge in [0.25, 0.3) is 0 Å². The molecule has 1 N–H and O–H groups in total. The van der Waals surface area contributed by atoms with Gasteiger partial charge in [0, 0.05) is 32.6 Å². The summed E-state index contributed by atoms with van der Waals surface area (Å²) < 4.78 is 5.90. The van der Waals surface area contributed by atoms with Crippen LogP contribution >= 0.6 is 11.3 Å². The molecule has 3 heterocycles. The summed E-state index contributed by atoms with van der Waals surface area (Å²) in [4.78, 5) is 8.77. The molecule has 3 unspecified atom stereocenters. The van der Waals surface area contributed by atoms with Crippen LogP contribution in [0, 0.1) is 0 Å². The van der Waals surface area contributed by atoms with Crippen LogP contribution in [0.5, 0.6) is 0 Å². The highest BCUT2D eigenvalue weighted by Gasteiger charge is 2.29. The number of fused-ring (bicyclic) bond motifs is 1. The molecule has 4 nitrogen and oxygen atoms in total. The molecular formula is C14H23N3OS. The average Bonchev–Trinajstić information content (AvgIpc) is 2.83. The van der Waals surface area contributed by atoms with Crippen LogP contribution in [-0.2, 0) is 11.2 Å². The lowest BCUT2D eigenvalue weighted by Gasteiger charge is -2.31. The summed E-state index contributed by atoms with van der Waals surface area (Å²) in [6, 6.07) is 0.431. The van der Waals surface area contributed by atoms with E-state index in [9.17, 15) is 0 Å². The lowest BCUT2D eigenvalue weighted by molar-refractivity contribution is -0.00320. The molecule has 2 aliphatic heterocycles. The summed E-state index contributed by atoms with van der Waals surface area (Å²) >= 11 is 1.85. The van der Waals surface area contributed by atoms with E-state index < -0.39 is 0 Å². The van der Waals surface area contributed by atoms with E-state index in [1.165, 1.54) is 15.6 Å². The van der Waals surface area contributed by atoms with Gasteiger partial charge in [-0.15, -0.1) is 11.3 Å². The Morgan fingerprint density at radius 2 is 2.11 bits per heavy atom. The van der Waals surface area contributed by atoms with E-state index in [1.807, 2.05) is 11.3 Å². The molecule has 1 aromatic heterocycles. The summed E-state index contributed by atoms with van der Waals surface area (Å²) in [6.45, 7) is 11.0. The zero-order chi connectivity index (χ0) is 13.4. The number of piperazine rings is 1. The highest BCUT2D eigenvalue weighted by molar-refractivity contribution is 7.11. The number of ether oxygens (including phenoxy) is 1. The molecule has 19 heavy (non-hydrogen) atoms. The van der Waals surface area contributed by atoms with Crippen molar-refractivity contribution in [1.82, 2.24) is 15.2 Å². The van der Waals surface area contributed by atoms with Gasteiger partial charge in [0.15, 0.2) is 0 Å². The van der Waals surface area contributed by atoms with Gasteiger partial charge in [-0.2, -0.15) is 0 Å². The average molecular weight is 281 g/mol. The van der Waals surface area contributed by atoms with Crippen LogP contribution in [0.2, 0.25) is 0 Å². The first kappa shape index (κ1) is 13.5. The maximum atomic E-state index is 5.90. The fourth-order valence-corrected chi connectivity index (χ4v) is 4.15. The van der Waals surface area contributed by atoms with Crippen molar-refractivity contribution < 1.29 is 4.74 Å². The Balaban J connectivity index is 1.80. The summed E-state index contributed by atoms with van der Waals surface area (Å²) in [7, 11) is 0. The molecule has 2 aliphatic rings. The van der Waals surface area contributed by atoms with E-state index in [0.717, 1.165) is 32.6 Å². The highest BCUT2D eigenvalue weighted by atomic mass is 32.1. The van der Waals surface area contributed by atoms with Crippen LogP contribution in [0.1, 0.15) is 48.5 Å². The summed E-state index contributed by atoms with van der Waals surface area (Å²) in [5.41, 5.74) is 1.27. The van der Waals surface area contributed by atoms with Crippen molar-refractivity contribution in [2.45, 2.75) is 45.4 Å². The molecule has 106 valence electrons. The normalized spacial score (nSPS) is 30.1. The minimum Gasteiger partial charge on any atom is -0.370 e. The maximum absolute atomic E-state index is 5.90. The van der Waals surface area contributed by atoms with Crippen molar-refractivity contribution in [1.29, 1.82) is 0 Å². The third kappa shape index (κ3) is 2.70. The van der Waals surface area contributed by atoms with E-state index in [-0.39, 0.29) is 6.10 Å². The lowest BCUT2D eigenvalue weighted by Crippen LogP contribution is -2.44. The SMILES string of the molecule is CC1Cc2nc(C(C)N3CCNCC3)sc2C(C)O1. The summed E-state index contributed by atoms with van der Waals surface area (Å²) in [5, 5.41) is 4.66. The van der Waals surface area contributed by atoms with Crippen molar-refractivity contribution in [2.24, 2.45) is 0 Å². The number of thiazole rings is 1. The summed E-state index contributed by atoms with van der Waals surface area (Å²) in [5.74, 6) is 0. The maximum Gasteiger partial charge on any atom is 0.110 e. The van der Waals surface area contributed by atoms with Crippen molar-refractivity contribution in [3.63, 3.8) is 0 Å². The fraction of sp³-hybridized carbons (Fsp3) is 0.786. The van der Waals surface area contributed by atoms with Gasteiger partial charge in [0.2, 0.25) is 0 Å². The molecule has 1 saturated heterocycles. The van der Waals surface area contributed by atoms with Crippen molar-refractivity contribution in [3.05, 3.63) is 15.6 Å². The van der Waals surface area contributed by atoms with Gasteiger partial charge >= 0.3 is 0 Å². The largest absolute Gasteiger partial charge is 0.370 e. The predicted molar refractivity (Wildman–Crippen MR) is 77.6 cm³/mol. The summed E-state index contributed by atoms with van der Waals surface area (Å²) in [6.07, 6.45) is 1.47. The molecule has 5 heteroatoms. The van der Waals surface area contributed by atoms with Gasteiger partial charge in [0.1, 0.15) is 5.01 Å². The van der Waals surface area contributed by atoms with Crippen molar-refractivity contribution in [3.8, 4) is 0 Å². The Morgan fingerprint density at radius 3 is 2.84 bits per heavy atom. The van der Waals surface area contributed by atoms with Crippen LogP contribution in [0.4, 0.5) is 0 Å². The van der Waals surface area contributed by atoms with Gasteiger partial charge < -0.3 is 10.1 Å². The van der Waals surface area contributed by atoms with E-state index >= 15 is 0 Å². The molecule has 1 aromatic rings. The highest BCUT2D eigenvalue weighted by Crippen LogP contribution is 2.37. The topological polar surface area (TPSA) is 37.4 Å². The lowest BCUT2D eigenvalue weighted by atomic mass is 10.1. The first-order valence-electron chi connectivity index (χ1n) is 7.25. The van der Waals surface area contributed by atoms with Gasteiger partial charge in [-0.05, 0) is 20.8 Å². The van der Waals surface area contributed by atoms with E-state index in [0.29, 0.717) is 12.1 Å². The van der Waals surface area contributed by atoms with Crippen LogP contribution in [0.25, 0.3) is 0 Å². The molecule has 0 saturated carbocycles. The van der Waals surface area contributed by atoms with Crippen molar-refractivity contribution >= 4 is 11.3 Å². The quantitative estimate of drug-likeness (QED) is 0.901. The Labute approximate surface area is 119 Å². The zero-order valence-corrected chi connectivity index (χ0v) is 12.8. The molecule has 0 amide bonds. The predicted octanol–water partition coefficient (Wildman–Crippen LogP) is 2.13. The second-order valence-corrected chi connectivity index (χ2v) is 6.68. The van der Waals surface area contributed by atoms with Crippen LogP contribution in [0.15, 0.2) is 0 Å². The first-order chi connectivity index (χ1) is 9.15. The minimum absolute atomic E-state index is 0.209. The molecule has 3 atom stereocenters. The smallest absolute Gasteiger partial charge is 0.110 e. The van der Waals surface area contributed by atoms with Gasteiger partial charge in [-0.1, -0.05) is 0 Å². The number of rotatable bonds is 2. The molecule has 1 fully saturated rings.